The first-order valence-electron chi connectivity index (χ1n) is 5.30. The van der Waals surface area contributed by atoms with Crippen LogP contribution in [0.3, 0.4) is 0 Å². The molecular weight excluding hydrogens is 244 g/mol. The van der Waals surface area contributed by atoms with Gasteiger partial charge in [-0.15, -0.1) is 0 Å². The number of nitriles is 1. The largest absolute Gasteiger partial charge is 0.321 e. The number of benzene rings is 1. The van der Waals surface area contributed by atoms with Crippen LogP contribution in [0.1, 0.15) is 5.56 Å². The van der Waals surface area contributed by atoms with E-state index in [-0.39, 0.29) is 5.57 Å². The Morgan fingerprint density at radius 3 is 2.67 bits per heavy atom. The fourth-order valence-corrected chi connectivity index (χ4v) is 2.01. The van der Waals surface area contributed by atoms with Crippen molar-refractivity contribution in [2.75, 3.05) is 5.32 Å². The lowest BCUT2D eigenvalue weighted by atomic mass is 10.2. The molecule has 18 heavy (non-hydrogen) atoms. The Kier molecular flexibility index (Phi) is 3.90. The highest BCUT2D eigenvalue weighted by Gasteiger charge is 2.09. The molecule has 4 heteroatoms. The van der Waals surface area contributed by atoms with Crippen LogP contribution in [0.15, 0.2) is 52.7 Å². The first-order valence-corrected chi connectivity index (χ1v) is 6.24. The zero-order valence-corrected chi connectivity index (χ0v) is 10.3. The molecule has 2 rings (SSSR count). The molecule has 0 bridgehead atoms. The summed E-state index contributed by atoms with van der Waals surface area (Å²) in [5.74, 6) is -0.394. The van der Waals surface area contributed by atoms with E-state index in [1.165, 1.54) is 11.3 Å². The van der Waals surface area contributed by atoms with Crippen LogP contribution in [0.25, 0.3) is 6.08 Å². The molecule has 1 aromatic carbocycles. The second-order valence-electron chi connectivity index (χ2n) is 3.55. The number of rotatable bonds is 3. The van der Waals surface area contributed by atoms with E-state index in [0.717, 1.165) is 5.56 Å². The maximum absolute atomic E-state index is 11.9. The fraction of sp³-hybridized carbons (Fsp3) is 0. The smallest absolute Gasteiger partial charge is 0.266 e. The molecule has 0 radical (unpaired) electrons. The minimum absolute atomic E-state index is 0.0947. The number of thiophene rings is 1. The van der Waals surface area contributed by atoms with Crippen LogP contribution in [0.4, 0.5) is 5.69 Å². The topological polar surface area (TPSA) is 52.9 Å². The minimum atomic E-state index is -0.394. The summed E-state index contributed by atoms with van der Waals surface area (Å²) >= 11 is 1.52. The van der Waals surface area contributed by atoms with Gasteiger partial charge in [-0.2, -0.15) is 16.6 Å². The summed E-state index contributed by atoms with van der Waals surface area (Å²) in [6.45, 7) is 0. The van der Waals surface area contributed by atoms with Crippen LogP contribution in [-0.2, 0) is 4.79 Å². The lowest BCUT2D eigenvalue weighted by Gasteiger charge is -2.03. The number of amides is 1. The normalized spacial score (nSPS) is 10.7. The summed E-state index contributed by atoms with van der Waals surface area (Å²) in [6.07, 6.45) is 1.58. The molecule has 0 saturated carbocycles. The van der Waals surface area contributed by atoms with Crippen molar-refractivity contribution >= 4 is 29.0 Å². The second kappa shape index (κ2) is 5.80. The Morgan fingerprint density at radius 1 is 1.28 bits per heavy atom. The molecule has 0 spiro atoms. The Labute approximate surface area is 109 Å². The van der Waals surface area contributed by atoms with Crippen LogP contribution in [-0.4, -0.2) is 5.91 Å². The SMILES string of the molecule is N#C/C(=C/c1ccsc1)C(=O)Nc1ccccc1. The lowest BCUT2D eigenvalue weighted by molar-refractivity contribution is -0.112. The van der Waals surface area contributed by atoms with Crippen LogP contribution in [0, 0.1) is 11.3 Å². The van der Waals surface area contributed by atoms with Gasteiger partial charge in [0.05, 0.1) is 0 Å². The van der Waals surface area contributed by atoms with Gasteiger partial charge in [0.1, 0.15) is 11.6 Å². The van der Waals surface area contributed by atoms with E-state index in [0.29, 0.717) is 5.69 Å². The van der Waals surface area contributed by atoms with Gasteiger partial charge in [0.15, 0.2) is 0 Å². The van der Waals surface area contributed by atoms with Gasteiger partial charge in [-0.25, -0.2) is 0 Å². The minimum Gasteiger partial charge on any atom is -0.321 e. The van der Waals surface area contributed by atoms with Gasteiger partial charge >= 0.3 is 0 Å². The number of para-hydroxylation sites is 1. The van der Waals surface area contributed by atoms with Crippen LogP contribution in [0.5, 0.6) is 0 Å². The van der Waals surface area contributed by atoms with Crippen molar-refractivity contribution in [1.29, 1.82) is 5.26 Å². The van der Waals surface area contributed by atoms with Crippen molar-refractivity contribution in [2.45, 2.75) is 0 Å². The maximum Gasteiger partial charge on any atom is 0.266 e. The van der Waals surface area contributed by atoms with E-state index in [1.54, 1.807) is 18.2 Å². The summed E-state index contributed by atoms with van der Waals surface area (Å²) in [4.78, 5) is 11.9. The van der Waals surface area contributed by atoms with Gasteiger partial charge < -0.3 is 5.32 Å². The highest BCUT2D eigenvalue weighted by molar-refractivity contribution is 7.08. The summed E-state index contributed by atoms with van der Waals surface area (Å²) in [5.41, 5.74) is 1.63. The van der Waals surface area contributed by atoms with Crippen molar-refractivity contribution in [1.82, 2.24) is 0 Å². The monoisotopic (exact) mass is 254 g/mol. The van der Waals surface area contributed by atoms with E-state index in [1.807, 2.05) is 41.1 Å². The molecule has 0 atom stereocenters. The molecule has 1 aromatic heterocycles. The molecule has 0 aliphatic carbocycles. The van der Waals surface area contributed by atoms with Gasteiger partial charge in [0.2, 0.25) is 0 Å². The molecule has 1 heterocycles. The number of carbonyl (C=O) groups excluding carboxylic acids is 1. The van der Waals surface area contributed by atoms with Gasteiger partial charge in [-0.1, -0.05) is 18.2 Å². The molecule has 1 N–H and O–H groups in total. The third-order valence-electron chi connectivity index (χ3n) is 2.25. The zero-order valence-electron chi connectivity index (χ0n) is 9.46. The summed E-state index contributed by atoms with van der Waals surface area (Å²) in [6, 6.07) is 12.8. The van der Waals surface area contributed by atoms with E-state index in [4.69, 9.17) is 5.26 Å². The van der Waals surface area contributed by atoms with Crippen LogP contribution >= 0.6 is 11.3 Å². The predicted octanol–water partition coefficient (Wildman–Crippen LogP) is 3.29. The van der Waals surface area contributed by atoms with Crippen molar-refractivity contribution in [2.24, 2.45) is 0 Å². The maximum atomic E-state index is 11.9. The number of hydrogen-bond acceptors (Lipinski definition) is 3. The first kappa shape index (κ1) is 12.1. The Morgan fingerprint density at radius 2 is 2.06 bits per heavy atom. The number of hydrogen-bond donors (Lipinski definition) is 1. The predicted molar refractivity (Wildman–Crippen MR) is 73.0 cm³/mol. The standard InChI is InChI=1S/C14H10N2OS/c15-9-12(8-11-6-7-18-10-11)14(17)16-13-4-2-1-3-5-13/h1-8,10H,(H,16,17)/b12-8-. The molecule has 1 amide bonds. The van der Waals surface area contributed by atoms with Gasteiger partial charge in [-0.05, 0) is 40.6 Å². The Balaban J connectivity index is 2.15. The molecule has 0 unspecified atom stereocenters. The zero-order chi connectivity index (χ0) is 12.8. The van der Waals surface area contributed by atoms with Crippen molar-refractivity contribution in [3.63, 3.8) is 0 Å². The number of anilines is 1. The van der Waals surface area contributed by atoms with Crippen molar-refractivity contribution < 1.29 is 4.79 Å². The fourth-order valence-electron chi connectivity index (χ4n) is 1.39. The molecule has 0 fully saturated rings. The third-order valence-corrected chi connectivity index (χ3v) is 2.95. The third kappa shape index (κ3) is 3.06. The number of carbonyl (C=O) groups is 1. The van der Waals surface area contributed by atoms with Gasteiger partial charge in [-0.3, -0.25) is 4.79 Å². The molecule has 0 aliphatic rings. The average Bonchev–Trinajstić information content (AvgIpc) is 2.90. The highest BCUT2D eigenvalue weighted by Crippen LogP contribution is 2.13. The summed E-state index contributed by atoms with van der Waals surface area (Å²) < 4.78 is 0. The van der Waals surface area contributed by atoms with Gasteiger partial charge in [0.25, 0.3) is 5.91 Å². The average molecular weight is 254 g/mol. The molecule has 0 saturated heterocycles. The van der Waals surface area contributed by atoms with Crippen LogP contribution < -0.4 is 5.32 Å². The van der Waals surface area contributed by atoms with Crippen molar-refractivity contribution in [3.05, 3.63) is 58.3 Å². The van der Waals surface area contributed by atoms with Crippen LogP contribution in [0.2, 0.25) is 0 Å². The summed E-state index contributed by atoms with van der Waals surface area (Å²) in [7, 11) is 0. The molecular formula is C14H10N2OS. The molecule has 0 aliphatic heterocycles. The second-order valence-corrected chi connectivity index (χ2v) is 4.33. The first-order chi connectivity index (χ1) is 8.79. The quantitative estimate of drug-likeness (QED) is 0.675. The summed E-state index contributed by atoms with van der Waals surface area (Å²) in [5, 5.41) is 15.5. The number of nitrogens with one attached hydrogen (secondary N) is 1. The van der Waals surface area contributed by atoms with E-state index in [9.17, 15) is 4.79 Å². The van der Waals surface area contributed by atoms with Gasteiger partial charge in [0, 0.05) is 5.69 Å². The van der Waals surface area contributed by atoms with Crippen molar-refractivity contribution in [3.8, 4) is 6.07 Å². The lowest BCUT2D eigenvalue weighted by Crippen LogP contribution is -2.13. The Bertz CT molecular complexity index is 594. The highest BCUT2D eigenvalue weighted by atomic mass is 32.1. The molecule has 88 valence electrons. The molecule has 3 nitrogen and oxygen atoms in total. The Hall–Kier alpha value is -2.38. The number of nitrogens with zero attached hydrogens (tertiary/aromatic N) is 1. The molecule has 2 aromatic rings. The van der Waals surface area contributed by atoms with E-state index < -0.39 is 5.91 Å². The van der Waals surface area contributed by atoms with E-state index >= 15 is 0 Å². The van der Waals surface area contributed by atoms with E-state index in [2.05, 4.69) is 5.32 Å².